The molecule has 3 unspecified atom stereocenters. The van der Waals surface area contributed by atoms with Gasteiger partial charge in [-0.25, -0.2) is 0 Å². The molecule has 4 rings (SSSR count). The van der Waals surface area contributed by atoms with Gasteiger partial charge in [0.1, 0.15) is 0 Å². The van der Waals surface area contributed by atoms with Crippen LogP contribution in [0.25, 0.3) is 0 Å². The van der Waals surface area contributed by atoms with Gasteiger partial charge in [0.05, 0.1) is 0 Å². The van der Waals surface area contributed by atoms with Crippen LogP contribution in [0.2, 0.25) is 0 Å². The van der Waals surface area contributed by atoms with Crippen LogP contribution < -0.4 is 0 Å². The molecule has 1 aromatic rings. The van der Waals surface area contributed by atoms with E-state index in [4.69, 9.17) is 0 Å². The maximum Gasteiger partial charge on any atom is 0.0169 e. The number of likely N-dealkylation sites (N-methyl/N-ethyl adjacent to an activating group) is 1. The highest BCUT2D eigenvalue weighted by Gasteiger charge is 2.52. The third kappa shape index (κ3) is 1.93. The Bertz CT molecular complexity index is 561. The highest BCUT2D eigenvalue weighted by molar-refractivity contribution is 5.44. The molecule has 0 amide bonds. The first-order valence-corrected chi connectivity index (χ1v) is 8.68. The van der Waals surface area contributed by atoms with Crippen molar-refractivity contribution in [1.29, 1.82) is 0 Å². The van der Waals surface area contributed by atoms with Crippen LogP contribution in [0.15, 0.2) is 30.9 Å². The third-order valence-corrected chi connectivity index (χ3v) is 6.56. The lowest BCUT2D eigenvalue weighted by Gasteiger charge is -2.58. The Morgan fingerprint density at radius 3 is 3.10 bits per heavy atom. The average molecular weight is 281 g/mol. The summed E-state index contributed by atoms with van der Waals surface area (Å²) in [5.74, 6) is 0.900. The smallest absolute Gasteiger partial charge is 0.0169 e. The molecule has 1 saturated heterocycles. The fourth-order valence-electron chi connectivity index (χ4n) is 5.54. The van der Waals surface area contributed by atoms with E-state index in [1.54, 1.807) is 11.1 Å². The molecular formula is C20H27N. The Hall–Kier alpha value is -1.08. The standard InChI is InChI=1S/C20H27N/c1-3-6-15-8-9-16-14-19-17-7-4-5-10-20(17,18(16)13-15)11-12-21(19)2/h3,8-9,13,17,19H,1,4-7,10-12,14H2,2H3. The van der Waals surface area contributed by atoms with E-state index >= 15 is 0 Å². The molecule has 1 aliphatic heterocycles. The average Bonchev–Trinajstić information content (AvgIpc) is 2.52. The summed E-state index contributed by atoms with van der Waals surface area (Å²) in [6, 6.07) is 8.08. The number of allylic oxidation sites excluding steroid dienone is 1. The van der Waals surface area contributed by atoms with Gasteiger partial charge in [0.2, 0.25) is 0 Å². The van der Waals surface area contributed by atoms with E-state index in [0.717, 1.165) is 18.4 Å². The van der Waals surface area contributed by atoms with Gasteiger partial charge in [-0.1, -0.05) is 37.1 Å². The second-order valence-electron chi connectivity index (χ2n) is 7.49. The molecule has 2 fully saturated rings. The molecular weight excluding hydrogens is 254 g/mol. The minimum Gasteiger partial charge on any atom is -0.303 e. The van der Waals surface area contributed by atoms with Crippen LogP contribution in [0.1, 0.15) is 48.8 Å². The summed E-state index contributed by atoms with van der Waals surface area (Å²) in [5, 5.41) is 0. The molecule has 1 heteroatoms. The maximum atomic E-state index is 3.91. The molecule has 1 aromatic carbocycles. The summed E-state index contributed by atoms with van der Waals surface area (Å²) in [4.78, 5) is 2.65. The van der Waals surface area contributed by atoms with Gasteiger partial charge in [0.25, 0.3) is 0 Å². The van der Waals surface area contributed by atoms with Crippen LogP contribution in [-0.2, 0) is 18.3 Å². The molecule has 3 aliphatic rings. The van der Waals surface area contributed by atoms with E-state index in [2.05, 4.69) is 36.7 Å². The van der Waals surface area contributed by atoms with Crippen molar-refractivity contribution in [1.82, 2.24) is 4.90 Å². The number of piperidine rings is 1. The van der Waals surface area contributed by atoms with E-state index in [-0.39, 0.29) is 0 Å². The fourth-order valence-corrected chi connectivity index (χ4v) is 5.54. The molecule has 0 N–H and O–H groups in total. The van der Waals surface area contributed by atoms with Gasteiger partial charge in [-0.15, -0.1) is 6.58 Å². The Morgan fingerprint density at radius 2 is 2.24 bits per heavy atom. The quantitative estimate of drug-likeness (QED) is 0.738. The number of hydrogen-bond acceptors (Lipinski definition) is 1. The van der Waals surface area contributed by atoms with Crippen LogP contribution in [0.4, 0.5) is 0 Å². The van der Waals surface area contributed by atoms with Gasteiger partial charge in [0.15, 0.2) is 0 Å². The monoisotopic (exact) mass is 281 g/mol. The Labute approximate surface area is 129 Å². The molecule has 0 spiro atoms. The predicted octanol–water partition coefficient (Wildman–Crippen LogP) is 4.10. The van der Waals surface area contributed by atoms with Gasteiger partial charge >= 0.3 is 0 Å². The molecule has 1 nitrogen and oxygen atoms in total. The molecule has 2 aliphatic carbocycles. The molecule has 3 atom stereocenters. The number of benzene rings is 1. The van der Waals surface area contributed by atoms with E-state index < -0.39 is 0 Å². The van der Waals surface area contributed by atoms with Crippen molar-refractivity contribution in [2.24, 2.45) is 5.92 Å². The van der Waals surface area contributed by atoms with Crippen LogP contribution in [0.5, 0.6) is 0 Å². The minimum atomic E-state index is 0.500. The minimum absolute atomic E-state index is 0.500. The van der Waals surface area contributed by atoms with Crippen LogP contribution in [0, 0.1) is 5.92 Å². The van der Waals surface area contributed by atoms with Crippen molar-refractivity contribution in [3.05, 3.63) is 47.5 Å². The van der Waals surface area contributed by atoms with Crippen molar-refractivity contribution in [2.45, 2.75) is 56.4 Å². The lowest BCUT2D eigenvalue weighted by molar-refractivity contribution is 0.00282. The molecule has 1 saturated carbocycles. The first-order chi connectivity index (χ1) is 10.2. The van der Waals surface area contributed by atoms with E-state index in [1.807, 2.05) is 6.08 Å². The van der Waals surface area contributed by atoms with Crippen LogP contribution >= 0.6 is 0 Å². The van der Waals surface area contributed by atoms with Gasteiger partial charge in [0, 0.05) is 11.5 Å². The zero-order chi connectivity index (χ0) is 14.4. The molecule has 21 heavy (non-hydrogen) atoms. The Morgan fingerprint density at radius 1 is 1.33 bits per heavy atom. The van der Waals surface area contributed by atoms with E-state index in [1.165, 1.54) is 50.6 Å². The van der Waals surface area contributed by atoms with Gasteiger partial charge in [-0.3, -0.25) is 0 Å². The Kier molecular flexibility index (Phi) is 3.22. The van der Waals surface area contributed by atoms with E-state index in [0.29, 0.717) is 5.41 Å². The normalized spacial score (nSPS) is 34.9. The number of fused-ring (bicyclic) bond motifs is 1. The SMILES string of the molecule is C=CCc1ccc2c(c1)C13CCCCC1C(C2)N(C)CC3. The third-order valence-electron chi connectivity index (χ3n) is 6.56. The second kappa shape index (κ2) is 4.98. The Balaban J connectivity index is 1.85. The van der Waals surface area contributed by atoms with Gasteiger partial charge in [-0.2, -0.15) is 0 Å². The van der Waals surface area contributed by atoms with Crippen LogP contribution in [0.3, 0.4) is 0 Å². The van der Waals surface area contributed by atoms with Crippen LogP contribution in [-0.4, -0.2) is 24.5 Å². The molecule has 0 aromatic heterocycles. The summed E-state index contributed by atoms with van der Waals surface area (Å²) >= 11 is 0. The number of likely N-dealkylation sites (tertiary alicyclic amines) is 1. The molecule has 112 valence electrons. The number of rotatable bonds is 2. The molecule has 2 bridgehead atoms. The maximum absolute atomic E-state index is 3.91. The van der Waals surface area contributed by atoms with Crippen molar-refractivity contribution in [2.75, 3.05) is 13.6 Å². The summed E-state index contributed by atoms with van der Waals surface area (Å²) in [5.41, 5.74) is 5.31. The lowest BCUT2D eigenvalue weighted by atomic mass is 9.52. The highest BCUT2D eigenvalue weighted by atomic mass is 15.1. The zero-order valence-corrected chi connectivity index (χ0v) is 13.3. The molecule has 0 radical (unpaired) electrons. The number of nitrogens with zero attached hydrogens (tertiary/aromatic N) is 1. The second-order valence-corrected chi connectivity index (χ2v) is 7.49. The van der Waals surface area contributed by atoms with Crippen molar-refractivity contribution < 1.29 is 0 Å². The van der Waals surface area contributed by atoms with Crippen molar-refractivity contribution in [3.63, 3.8) is 0 Å². The topological polar surface area (TPSA) is 3.24 Å². The summed E-state index contributed by atoms with van der Waals surface area (Å²) in [6.07, 6.45) is 11.4. The largest absolute Gasteiger partial charge is 0.303 e. The van der Waals surface area contributed by atoms with E-state index in [9.17, 15) is 0 Å². The fraction of sp³-hybridized carbons (Fsp3) is 0.600. The zero-order valence-electron chi connectivity index (χ0n) is 13.3. The van der Waals surface area contributed by atoms with Crippen molar-refractivity contribution >= 4 is 0 Å². The summed E-state index contributed by atoms with van der Waals surface area (Å²) < 4.78 is 0. The van der Waals surface area contributed by atoms with Crippen molar-refractivity contribution in [3.8, 4) is 0 Å². The van der Waals surface area contributed by atoms with Gasteiger partial charge < -0.3 is 4.90 Å². The first-order valence-electron chi connectivity index (χ1n) is 8.68. The van der Waals surface area contributed by atoms with Gasteiger partial charge in [-0.05, 0) is 68.3 Å². The lowest BCUT2D eigenvalue weighted by Crippen LogP contribution is -2.59. The number of hydrogen-bond donors (Lipinski definition) is 0. The summed E-state index contributed by atoms with van der Waals surface area (Å²) in [6.45, 7) is 5.20. The highest BCUT2D eigenvalue weighted by Crippen LogP contribution is 2.55. The first kappa shape index (κ1) is 13.6. The molecule has 1 heterocycles. The predicted molar refractivity (Wildman–Crippen MR) is 88.7 cm³/mol. The summed E-state index contributed by atoms with van der Waals surface area (Å²) in [7, 11) is 2.35.